The number of hydrogen-bond donors (Lipinski definition) is 1. The van der Waals surface area contributed by atoms with E-state index in [1.165, 1.54) is 61.5 Å². The molecule has 0 aliphatic carbocycles. The van der Waals surface area contributed by atoms with Gasteiger partial charge in [-0.2, -0.15) is 0 Å². The van der Waals surface area contributed by atoms with Crippen molar-refractivity contribution in [1.82, 2.24) is 14.1 Å². The summed E-state index contributed by atoms with van der Waals surface area (Å²) in [6, 6.07) is 9.94. The Hall–Kier alpha value is -3.08. The molecule has 2 aromatic rings. The molecular formula is C23H26FN3O5S. The summed E-state index contributed by atoms with van der Waals surface area (Å²) in [6.07, 6.45) is 0. The molecule has 10 heteroatoms. The van der Waals surface area contributed by atoms with Crippen LogP contribution in [-0.4, -0.2) is 80.6 Å². The highest BCUT2D eigenvalue weighted by molar-refractivity contribution is 7.89. The summed E-state index contributed by atoms with van der Waals surface area (Å²) in [7, 11) is 2.71. The van der Waals surface area contributed by atoms with E-state index in [0.29, 0.717) is 6.54 Å². The van der Waals surface area contributed by atoms with Gasteiger partial charge < -0.3 is 14.9 Å². The number of likely N-dealkylation sites (N-methyl/N-ethyl adjacent to an activating group) is 1. The number of aliphatic hydroxyl groups excluding tert-OH is 1. The zero-order chi connectivity index (χ0) is 24.5. The van der Waals surface area contributed by atoms with E-state index in [-0.39, 0.29) is 28.1 Å². The van der Waals surface area contributed by atoms with Gasteiger partial charge in [0.2, 0.25) is 10.0 Å². The molecule has 0 bridgehead atoms. The Morgan fingerprint density at radius 2 is 1.64 bits per heavy atom. The zero-order valence-corrected chi connectivity index (χ0v) is 19.6. The predicted molar refractivity (Wildman–Crippen MR) is 121 cm³/mol. The van der Waals surface area contributed by atoms with Crippen molar-refractivity contribution in [3.05, 3.63) is 71.0 Å². The van der Waals surface area contributed by atoms with Crippen molar-refractivity contribution in [2.45, 2.75) is 10.9 Å². The van der Waals surface area contributed by atoms with Crippen molar-refractivity contribution in [3.63, 3.8) is 0 Å². The zero-order valence-electron chi connectivity index (χ0n) is 18.8. The maximum absolute atomic E-state index is 14.7. The number of hydrogen-bond acceptors (Lipinski definition) is 6. The third kappa shape index (κ3) is 4.68. The second-order valence-electron chi connectivity index (χ2n) is 8.13. The number of likely N-dealkylation sites (tertiary alicyclic amines) is 1. The average Bonchev–Trinajstić information content (AvgIpc) is 3.02. The molecule has 0 saturated carbocycles. The normalized spacial score (nSPS) is 18.5. The van der Waals surface area contributed by atoms with Crippen molar-refractivity contribution >= 4 is 27.5 Å². The van der Waals surface area contributed by atoms with Crippen LogP contribution >= 0.6 is 0 Å². The minimum absolute atomic E-state index is 0.00105. The van der Waals surface area contributed by atoms with Gasteiger partial charge in [0.1, 0.15) is 11.6 Å². The molecule has 1 fully saturated rings. The van der Waals surface area contributed by atoms with Crippen molar-refractivity contribution < 1.29 is 27.5 Å². The first-order valence-electron chi connectivity index (χ1n) is 10.2. The summed E-state index contributed by atoms with van der Waals surface area (Å²) in [5.74, 6) is -2.87. The third-order valence-electron chi connectivity index (χ3n) is 5.43. The molecule has 0 radical (unpaired) electrons. The highest BCUT2D eigenvalue weighted by Gasteiger charge is 2.46. The Morgan fingerprint density at radius 1 is 1.03 bits per heavy atom. The molecule has 0 aromatic heterocycles. The fraction of sp³-hybridized carbons (Fsp3) is 0.304. The molecule has 0 spiro atoms. The molecule has 1 amide bonds. The van der Waals surface area contributed by atoms with Gasteiger partial charge in [-0.15, -0.1) is 0 Å². The van der Waals surface area contributed by atoms with Crippen LogP contribution in [0.15, 0.2) is 59.0 Å². The van der Waals surface area contributed by atoms with Crippen LogP contribution in [-0.2, 0) is 19.6 Å². The van der Waals surface area contributed by atoms with E-state index in [1.807, 2.05) is 4.90 Å². The van der Waals surface area contributed by atoms with Gasteiger partial charge in [0, 0.05) is 38.3 Å². The number of nitrogens with zero attached hydrogens (tertiary/aromatic N) is 3. The number of ketones is 1. The van der Waals surface area contributed by atoms with Gasteiger partial charge >= 0.3 is 0 Å². The van der Waals surface area contributed by atoms with E-state index in [2.05, 4.69) is 0 Å². The van der Waals surface area contributed by atoms with Gasteiger partial charge in [0.25, 0.3) is 11.7 Å². The second kappa shape index (κ2) is 9.42. The van der Waals surface area contributed by atoms with Crippen molar-refractivity contribution in [2.24, 2.45) is 0 Å². The van der Waals surface area contributed by atoms with E-state index < -0.39 is 39.3 Å². The van der Waals surface area contributed by atoms with Gasteiger partial charge in [0.05, 0.1) is 16.5 Å². The molecule has 1 N–H and O–H groups in total. The smallest absolute Gasteiger partial charge is 0.295 e. The van der Waals surface area contributed by atoms with Gasteiger partial charge in [0.15, 0.2) is 0 Å². The molecule has 1 atom stereocenters. The third-order valence-corrected chi connectivity index (χ3v) is 7.26. The number of halogens is 1. The van der Waals surface area contributed by atoms with E-state index in [9.17, 15) is 27.5 Å². The monoisotopic (exact) mass is 475 g/mol. The van der Waals surface area contributed by atoms with Gasteiger partial charge in [-0.1, -0.05) is 18.2 Å². The van der Waals surface area contributed by atoms with Gasteiger partial charge in [-0.05, 0) is 44.4 Å². The highest BCUT2D eigenvalue weighted by atomic mass is 32.2. The van der Waals surface area contributed by atoms with Gasteiger partial charge in [-0.3, -0.25) is 9.59 Å². The largest absolute Gasteiger partial charge is 0.507 e. The molecule has 1 aliphatic heterocycles. The number of carbonyl (C=O) groups is 2. The lowest BCUT2D eigenvalue weighted by atomic mass is 9.95. The van der Waals surface area contributed by atoms with Crippen LogP contribution in [0, 0.1) is 5.82 Å². The SMILES string of the molecule is CN(C)CCN1C(=O)C(=O)/C(=C(/O)c2ccc(S(=O)(=O)N(C)C)cc2)[C@H]1c1ccccc1F. The molecule has 0 unspecified atom stereocenters. The van der Waals surface area contributed by atoms with E-state index in [1.54, 1.807) is 20.2 Å². The lowest BCUT2D eigenvalue weighted by Gasteiger charge is -2.26. The van der Waals surface area contributed by atoms with Gasteiger partial charge in [-0.25, -0.2) is 17.1 Å². The number of Topliss-reactive ketones (excluding diaryl/α,β-unsaturated/α-hetero) is 1. The number of amides is 1. The molecule has 1 heterocycles. The maximum Gasteiger partial charge on any atom is 0.295 e. The summed E-state index contributed by atoms with van der Waals surface area (Å²) in [4.78, 5) is 28.8. The van der Waals surface area contributed by atoms with E-state index in [0.717, 1.165) is 4.31 Å². The number of rotatable bonds is 7. The molecule has 1 aliphatic rings. The van der Waals surface area contributed by atoms with Crippen LogP contribution in [0.4, 0.5) is 4.39 Å². The summed E-state index contributed by atoms with van der Waals surface area (Å²) >= 11 is 0. The number of aliphatic hydroxyl groups is 1. The lowest BCUT2D eigenvalue weighted by Crippen LogP contribution is -2.35. The van der Waals surface area contributed by atoms with Crippen LogP contribution < -0.4 is 0 Å². The average molecular weight is 476 g/mol. The van der Waals surface area contributed by atoms with Crippen molar-refractivity contribution in [2.75, 3.05) is 41.3 Å². The molecule has 2 aromatic carbocycles. The first-order valence-corrected chi connectivity index (χ1v) is 11.6. The fourth-order valence-corrected chi connectivity index (χ4v) is 4.49. The number of carbonyl (C=O) groups excluding carboxylic acids is 2. The Kier molecular flexibility index (Phi) is 7.01. The summed E-state index contributed by atoms with van der Waals surface area (Å²) in [5, 5.41) is 11.0. The summed E-state index contributed by atoms with van der Waals surface area (Å²) in [5.41, 5.74) is -0.0180. The lowest BCUT2D eigenvalue weighted by molar-refractivity contribution is -0.140. The number of benzene rings is 2. The Labute approximate surface area is 192 Å². The second-order valence-corrected chi connectivity index (χ2v) is 10.3. The fourth-order valence-electron chi connectivity index (χ4n) is 3.59. The van der Waals surface area contributed by atoms with Crippen LogP contribution in [0.1, 0.15) is 17.2 Å². The first-order chi connectivity index (χ1) is 15.5. The molecule has 1 saturated heterocycles. The number of sulfonamides is 1. The standard InChI is InChI=1S/C23H26FN3O5S/c1-25(2)13-14-27-20(17-7-5-6-8-18(17)24)19(22(29)23(27)30)21(28)15-9-11-16(12-10-15)33(31,32)26(3)4/h5-12,20,28H,13-14H2,1-4H3/b21-19+/t20-/m1/s1. The summed E-state index contributed by atoms with van der Waals surface area (Å²) < 4.78 is 40.4. The van der Waals surface area contributed by atoms with Crippen LogP contribution in [0.5, 0.6) is 0 Å². The van der Waals surface area contributed by atoms with Crippen molar-refractivity contribution in [3.8, 4) is 0 Å². The Bertz CT molecular complexity index is 1210. The molecule has 33 heavy (non-hydrogen) atoms. The maximum atomic E-state index is 14.7. The molecule has 3 rings (SSSR count). The first kappa shape index (κ1) is 24.6. The Morgan fingerprint density at radius 3 is 2.18 bits per heavy atom. The Balaban J connectivity index is 2.14. The summed E-state index contributed by atoms with van der Waals surface area (Å²) in [6.45, 7) is 0.572. The molecular weight excluding hydrogens is 449 g/mol. The highest BCUT2D eigenvalue weighted by Crippen LogP contribution is 2.40. The van der Waals surface area contributed by atoms with E-state index >= 15 is 0 Å². The predicted octanol–water partition coefficient (Wildman–Crippen LogP) is 2.06. The molecule has 8 nitrogen and oxygen atoms in total. The van der Waals surface area contributed by atoms with E-state index in [4.69, 9.17) is 0 Å². The van der Waals surface area contributed by atoms with Crippen molar-refractivity contribution in [1.29, 1.82) is 0 Å². The quantitative estimate of drug-likeness (QED) is 0.374. The minimum Gasteiger partial charge on any atom is -0.507 e. The topological polar surface area (TPSA) is 98.2 Å². The molecule has 176 valence electrons. The van der Waals surface area contributed by atoms with Crippen LogP contribution in [0.2, 0.25) is 0 Å². The van der Waals surface area contributed by atoms with Crippen LogP contribution in [0.25, 0.3) is 5.76 Å². The minimum atomic E-state index is -3.69. The van der Waals surface area contributed by atoms with Crippen LogP contribution in [0.3, 0.4) is 0 Å².